The number of carbonyl (C=O) groups excluding carboxylic acids is 3. The van der Waals surface area contributed by atoms with E-state index in [2.05, 4.69) is 28.6 Å². The zero-order valence-electron chi connectivity index (χ0n) is 19.1. The Morgan fingerprint density at radius 3 is 1.94 bits per heavy atom. The summed E-state index contributed by atoms with van der Waals surface area (Å²) in [5, 5.41) is 17.2. The van der Waals surface area contributed by atoms with Crippen molar-refractivity contribution in [2.24, 2.45) is 17.4 Å². The van der Waals surface area contributed by atoms with Crippen molar-refractivity contribution < 1.29 is 24.3 Å². The van der Waals surface area contributed by atoms with E-state index in [1.807, 2.05) is 20.1 Å². The smallest absolute Gasteiger partial charge is 0.326 e. The number of nitrogens with two attached hydrogens (primary N) is 2. The van der Waals surface area contributed by atoms with E-state index in [4.69, 9.17) is 11.5 Å². The molecule has 8 N–H and O–H groups in total. The zero-order chi connectivity index (χ0) is 24.7. The van der Waals surface area contributed by atoms with Crippen molar-refractivity contribution >= 4 is 48.1 Å². The second-order valence-electron chi connectivity index (χ2n) is 8.01. The normalized spacial score (nSPS) is 14.8. The molecule has 0 saturated heterocycles. The number of thiol groups is 1. The lowest BCUT2D eigenvalue weighted by Gasteiger charge is -2.25. The molecule has 0 radical (unpaired) electrons. The third-order valence-corrected chi connectivity index (χ3v) is 5.72. The minimum Gasteiger partial charge on any atom is -0.480 e. The average molecular weight is 494 g/mol. The maximum Gasteiger partial charge on any atom is 0.326 e. The number of hydrogen-bond acceptors (Lipinski definition) is 8. The molecular formula is C20H39N5O5S2. The number of thioether (sulfide) groups is 1. The minimum absolute atomic E-state index is 0.0637. The molecule has 186 valence electrons. The topological polar surface area (TPSA) is 177 Å². The van der Waals surface area contributed by atoms with E-state index in [-0.39, 0.29) is 18.1 Å². The van der Waals surface area contributed by atoms with Gasteiger partial charge in [0.05, 0.1) is 6.04 Å². The summed E-state index contributed by atoms with van der Waals surface area (Å²) in [6.45, 7) is 4.17. The van der Waals surface area contributed by atoms with Gasteiger partial charge in [-0.15, -0.1) is 0 Å². The standard InChI is InChI=1S/C20H39N5O5S2/c1-12(2)10-16(20(29)30)25-19(28)15(7-9-32-3)24-18(27)14(6-4-5-8-21)23-17(26)13(22)11-31/h12-16,31H,4-11,21-22H2,1-3H3,(H,23,26)(H,24,27)(H,25,28)(H,29,30). The molecule has 12 heteroatoms. The van der Waals surface area contributed by atoms with Crippen LogP contribution >= 0.6 is 24.4 Å². The van der Waals surface area contributed by atoms with Crippen LogP contribution in [-0.4, -0.2) is 77.3 Å². The van der Waals surface area contributed by atoms with Crippen molar-refractivity contribution in [3.63, 3.8) is 0 Å². The number of carboxylic acids is 1. The maximum absolute atomic E-state index is 12.9. The Hall–Kier alpha value is -1.50. The highest BCUT2D eigenvalue weighted by atomic mass is 32.2. The number of carboxylic acid groups (broad SMARTS) is 1. The van der Waals surface area contributed by atoms with Crippen LogP contribution in [0.25, 0.3) is 0 Å². The number of unbranched alkanes of at least 4 members (excludes halogenated alkanes) is 1. The first-order chi connectivity index (χ1) is 15.1. The molecule has 0 aromatic rings. The lowest BCUT2D eigenvalue weighted by Crippen LogP contribution is -2.57. The highest BCUT2D eigenvalue weighted by Gasteiger charge is 2.30. The summed E-state index contributed by atoms with van der Waals surface area (Å²) in [7, 11) is 0. The van der Waals surface area contributed by atoms with Gasteiger partial charge in [-0.25, -0.2) is 4.79 Å². The van der Waals surface area contributed by atoms with E-state index in [0.29, 0.717) is 38.0 Å². The van der Waals surface area contributed by atoms with Crippen LogP contribution in [0.1, 0.15) is 46.0 Å². The number of hydrogen-bond donors (Lipinski definition) is 7. The van der Waals surface area contributed by atoms with E-state index >= 15 is 0 Å². The van der Waals surface area contributed by atoms with Crippen LogP contribution in [0.4, 0.5) is 0 Å². The molecule has 0 aliphatic heterocycles. The summed E-state index contributed by atoms with van der Waals surface area (Å²) < 4.78 is 0. The molecule has 32 heavy (non-hydrogen) atoms. The number of carbonyl (C=O) groups is 4. The van der Waals surface area contributed by atoms with E-state index in [9.17, 15) is 24.3 Å². The van der Waals surface area contributed by atoms with Crippen LogP contribution in [0.2, 0.25) is 0 Å². The van der Waals surface area contributed by atoms with Crippen molar-refractivity contribution in [3.05, 3.63) is 0 Å². The van der Waals surface area contributed by atoms with Crippen molar-refractivity contribution in [1.82, 2.24) is 16.0 Å². The Balaban J connectivity index is 5.39. The molecule has 0 fully saturated rings. The molecule has 0 spiro atoms. The number of rotatable bonds is 17. The predicted octanol–water partition coefficient (Wildman–Crippen LogP) is -0.289. The fourth-order valence-electron chi connectivity index (χ4n) is 2.87. The van der Waals surface area contributed by atoms with Gasteiger partial charge in [-0.05, 0) is 56.6 Å². The number of nitrogens with one attached hydrogen (secondary N) is 3. The largest absolute Gasteiger partial charge is 0.480 e. The maximum atomic E-state index is 12.9. The number of aliphatic carboxylic acids is 1. The zero-order valence-corrected chi connectivity index (χ0v) is 20.8. The molecule has 0 heterocycles. The summed E-state index contributed by atoms with van der Waals surface area (Å²) >= 11 is 5.50. The Morgan fingerprint density at radius 1 is 0.938 bits per heavy atom. The van der Waals surface area contributed by atoms with Gasteiger partial charge in [-0.1, -0.05) is 13.8 Å². The van der Waals surface area contributed by atoms with Crippen LogP contribution in [-0.2, 0) is 19.2 Å². The van der Waals surface area contributed by atoms with Gasteiger partial charge in [-0.3, -0.25) is 14.4 Å². The van der Waals surface area contributed by atoms with Gasteiger partial charge in [0, 0.05) is 5.75 Å². The Kier molecular flexibility index (Phi) is 16.2. The molecule has 0 saturated carbocycles. The molecule has 4 unspecified atom stereocenters. The van der Waals surface area contributed by atoms with Gasteiger partial charge in [0.15, 0.2) is 0 Å². The van der Waals surface area contributed by atoms with Crippen molar-refractivity contribution in [3.8, 4) is 0 Å². The predicted molar refractivity (Wildman–Crippen MR) is 131 cm³/mol. The van der Waals surface area contributed by atoms with Gasteiger partial charge in [0.25, 0.3) is 0 Å². The SMILES string of the molecule is CSCCC(NC(=O)C(CCCCN)NC(=O)C(N)CS)C(=O)NC(CC(C)C)C(=O)O. The first kappa shape index (κ1) is 30.5. The number of amides is 3. The fourth-order valence-corrected chi connectivity index (χ4v) is 3.50. The van der Waals surface area contributed by atoms with Crippen LogP contribution in [0.15, 0.2) is 0 Å². The van der Waals surface area contributed by atoms with Crippen LogP contribution in [0.5, 0.6) is 0 Å². The molecule has 10 nitrogen and oxygen atoms in total. The van der Waals surface area contributed by atoms with Gasteiger partial charge in [-0.2, -0.15) is 24.4 Å². The van der Waals surface area contributed by atoms with Crippen molar-refractivity contribution in [2.75, 3.05) is 24.3 Å². The molecule has 0 aliphatic rings. The summed E-state index contributed by atoms with van der Waals surface area (Å²) in [5.74, 6) is -1.98. The Labute approximate surface area is 200 Å². The molecule has 0 aromatic heterocycles. The monoisotopic (exact) mass is 493 g/mol. The van der Waals surface area contributed by atoms with E-state index in [1.165, 1.54) is 11.8 Å². The van der Waals surface area contributed by atoms with Crippen molar-refractivity contribution in [1.29, 1.82) is 0 Å². The Morgan fingerprint density at radius 2 is 1.47 bits per heavy atom. The quantitative estimate of drug-likeness (QED) is 0.107. The molecule has 3 amide bonds. The second kappa shape index (κ2) is 17.0. The molecule has 0 rings (SSSR count). The summed E-state index contributed by atoms with van der Waals surface area (Å²) in [4.78, 5) is 49.5. The summed E-state index contributed by atoms with van der Waals surface area (Å²) in [5.41, 5.74) is 11.2. The van der Waals surface area contributed by atoms with Crippen LogP contribution < -0.4 is 27.4 Å². The third kappa shape index (κ3) is 12.5. The lowest BCUT2D eigenvalue weighted by molar-refractivity contribution is -0.142. The molecule has 0 aliphatic carbocycles. The third-order valence-electron chi connectivity index (χ3n) is 4.68. The van der Waals surface area contributed by atoms with Crippen molar-refractivity contribution in [2.45, 2.75) is 70.1 Å². The van der Waals surface area contributed by atoms with Gasteiger partial charge < -0.3 is 32.5 Å². The Bertz CT molecular complexity index is 609. The van der Waals surface area contributed by atoms with E-state index in [1.54, 1.807) is 0 Å². The molecule has 0 bridgehead atoms. The van der Waals surface area contributed by atoms with Gasteiger partial charge in [0.1, 0.15) is 18.1 Å². The first-order valence-electron chi connectivity index (χ1n) is 10.8. The summed E-state index contributed by atoms with van der Waals surface area (Å²) in [6.07, 6.45) is 4.04. The van der Waals surface area contributed by atoms with E-state index < -0.39 is 47.9 Å². The van der Waals surface area contributed by atoms with E-state index in [0.717, 1.165) is 0 Å². The second-order valence-corrected chi connectivity index (χ2v) is 9.36. The fraction of sp³-hybridized carbons (Fsp3) is 0.800. The highest BCUT2D eigenvalue weighted by molar-refractivity contribution is 7.98. The minimum atomic E-state index is -1.13. The lowest BCUT2D eigenvalue weighted by atomic mass is 10.0. The van der Waals surface area contributed by atoms with Gasteiger partial charge >= 0.3 is 5.97 Å². The van der Waals surface area contributed by atoms with Crippen LogP contribution in [0.3, 0.4) is 0 Å². The average Bonchev–Trinajstić information content (AvgIpc) is 2.73. The molecule has 4 atom stereocenters. The first-order valence-corrected chi connectivity index (χ1v) is 12.8. The highest BCUT2D eigenvalue weighted by Crippen LogP contribution is 2.08. The van der Waals surface area contributed by atoms with Crippen LogP contribution in [0, 0.1) is 5.92 Å². The van der Waals surface area contributed by atoms with Gasteiger partial charge in [0.2, 0.25) is 17.7 Å². The molecular weight excluding hydrogens is 454 g/mol. The summed E-state index contributed by atoms with van der Waals surface area (Å²) in [6, 6.07) is -3.75. The molecule has 0 aromatic carbocycles.